The summed E-state index contributed by atoms with van der Waals surface area (Å²) < 4.78 is 37.1. The summed E-state index contributed by atoms with van der Waals surface area (Å²) >= 11 is 6.08. The third-order valence-corrected chi connectivity index (χ3v) is 7.00. The van der Waals surface area contributed by atoms with Gasteiger partial charge in [0.05, 0.1) is 34.7 Å². The van der Waals surface area contributed by atoms with E-state index in [2.05, 4.69) is 5.32 Å². The molecule has 10 heteroatoms. The molecular weight excluding hydrogens is 444 g/mol. The van der Waals surface area contributed by atoms with Gasteiger partial charge in [0.1, 0.15) is 0 Å². The van der Waals surface area contributed by atoms with Gasteiger partial charge in [0.15, 0.2) is 6.61 Å². The number of morpholine rings is 1. The molecule has 1 amide bonds. The first-order chi connectivity index (χ1) is 14.8. The van der Waals surface area contributed by atoms with Gasteiger partial charge < -0.3 is 14.8 Å². The van der Waals surface area contributed by atoms with E-state index in [9.17, 15) is 18.0 Å². The number of hydrogen-bond donors (Lipinski definition) is 1. The van der Waals surface area contributed by atoms with Crippen LogP contribution >= 0.6 is 11.6 Å². The number of halogens is 1. The van der Waals surface area contributed by atoms with Crippen molar-refractivity contribution in [2.45, 2.75) is 17.9 Å². The van der Waals surface area contributed by atoms with Crippen molar-refractivity contribution in [3.63, 3.8) is 0 Å². The van der Waals surface area contributed by atoms with E-state index in [0.29, 0.717) is 13.2 Å². The summed E-state index contributed by atoms with van der Waals surface area (Å²) in [5, 5.41) is 2.76. The maximum atomic E-state index is 12.8. The third kappa shape index (κ3) is 5.82. The number of carbonyl (C=O) groups is 2. The Bertz CT molecular complexity index is 1040. The normalized spacial score (nSPS) is 15.8. The molecule has 31 heavy (non-hydrogen) atoms. The fraction of sp³-hybridized carbons (Fsp3) is 0.333. The molecule has 1 aliphatic heterocycles. The van der Waals surface area contributed by atoms with Gasteiger partial charge in [-0.1, -0.05) is 41.9 Å². The van der Waals surface area contributed by atoms with Crippen LogP contribution in [0, 0.1) is 0 Å². The molecular formula is C21H23ClN2O6S. The van der Waals surface area contributed by atoms with Crippen LogP contribution in [0.15, 0.2) is 53.4 Å². The van der Waals surface area contributed by atoms with Crippen molar-refractivity contribution in [3.8, 4) is 0 Å². The largest absolute Gasteiger partial charge is 0.452 e. The fourth-order valence-corrected chi connectivity index (χ4v) is 4.70. The molecule has 1 aliphatic rings. The molecule has 3 rings (SSSR count). The van der Waals surface area contributed by atoms with Gasteiger partial charge in [-0.3, -0.25) is 4.79 Å². The van der Waals surface area contributed by atoms with Crippen molar-refractivity contribution in [1.29, 1.82) is 0 Å². The minimum atomic E-state index is -3.80. The zero-order chi connectivity index (χ0) is 22.4. The number of nitrogens with one attached hydrogen (secondary N) is 1. The molecule has 0 aliphatic carbocycles. The van der Waals surface area contributed by atoms with Crippen LogP contribution < -0.4 is 5.32 Å². The molecule has 0 radical (unpaired) electrons. The second kappa shape index (κ2) is 10.2. The zero-order valence-electron chi connectivity index (χ0n) is 16.9. The van der Waals surface area contributed by atoms with Crippen molar-refractivity contribution in [1.82, 2.24) is 9.62 Å². The highest BCUT2D eigenvalue weighted by molar-refractivity contribution is 7.89. The highest BCUT2D eigenvalue weighted by atomic mass is 35.5. The molecule has 8 nitrogen and oxygen atoms in total. The molecule has 0 spiro atoms. The van der Waals surface area contributed by atoms with E-state index >= 15 is 0 Å². The number of amides is 1. The van der Waals surface area contributed by atoms with E-state index in [1.54, 1.807) is 0 Å². The number of sulfonamides is 1. The quantitative estimate of drug-likeness (QED) is 0.628. The Balaban J connectivity index is 1.65. The predicted molar refractivity (Wildman–Crippen MR) is 114 cm³/mol. The smallest absolute Gasteiger partial charge is 0.340 e. The van der Waals surface area contributed by atoms with E-state index in [4.69, 9.17) is 21.1 Å². The number of rotatable bonds is 7. The molecule has 0 bridgehead atoms. The predicted octanol–water partition coefficient (Wildman–Crippen LogP) is 2.40. The van der Waals surface area contributed by atoms with Crippen LogP contribution in [0.4, 0.5) is 0 Å². The van der Waals surface area contributed by atoms with Crippen molar-refractivity contribution in [2.24, 2.45) is 0 Å². The SMILES string of the molecule is C[C@H](NC(=O)COC(=O)c1cc(S(=O)(=O)N2CCOCC2)ccc1Cl)c1ccccc1. The van der Waals surface area contributed by atoms with E-state index in [1.807, 2.05) is 37.3 Å². The van der Waals surface area contributed by atoms with Crippen LogP contribution in [0.5, 0.6) is 0 Å². The highest BCUT2D eigenvalue weighted by Crippen LogP contribution is 2.24. The first kappa shape index (κ1) is 23.2. The summed E-state index contributed by atoms with van der Waals surface area (Å²) in [4.78, 5) is 24.5. The lowest BCUT2D eigenvalue weighted by Gasteiger charge is -2.26. The molecule has 1 atom stereocenters. The van der Waals surface area contributed by atoms with Crippen molar-refractivity contribution < 1.29 is 27.5 Å². The molecule has 0 saturated carbocycles. The Labute approximate surface area is 186 Å². The number of nitrogens with zero attached hydrogens (tertiary/aromatic N) is 1. The number of esters is 1. The fourth-order valence-electron chi connectivity index (χ4n) is 3.07. The summed E-state index contributed by atoms with van der Waals surface area (Å²) in [7, 11) is -3.80. The van der Waals surface area contributed by atoms with Gasteiger partial charge in [-0.25, -0.2) is 13.2 Å². The first-order valence-electron chi connectivity index (χ1n) is 9.68. The van der Waals surface area contributed by atoms with Gasteiger partial charge in [0.2, 0.25) is 10.0 Å². The van der Waals surface area contributed by atoms with E-state index in [1.165, 1.54) is 22.5 Å². The second-order valence-electron chi connectivity index (χ2n) is 6.93. The summed E-state index contributed by atoms with van der Waals surface area (Å²) in [5.41, 5.74) is 0.783. The Kier molecular flexibility index (Phi) is 7.66. The van der Waals surface area contributed by atoms with Gasteiger partial charge >= 0.3 is 5.97 Å². The van der Waals surface area contributed by atoms with Gasteiger partial charge in [-0.15, -0.1) is 0 Å². The van der Waals surface area contributed by atoms with Gasteiger partial charge in [-0.05, 0) is 30.7 Å². The molecule has 2 aromatic carbocycles. The molecule has 0 aromatic heterocycles. The van der Waals surface area contributed by atoms with Crippen LogP contribution in [0.3, 0.4) is 0 Å². The summed E-state index contributed by atoms with van der Waals surface area (Å²) in [6.45, 7) is 2.35. The zero-order valence-corrected chi connectivity index (χ0v) is 18.5. The monoisotopic (exact) mass is 466 g/mol. The molecule has 1 N–H and O–H groups in total. The summed E-state index contributed by atoms with van der Waals surface area (Å²) in [6.07, 6.45) is 0. The van der Waals surface area contributed by atoms with E-state index in [0.717, 1.165) is 5.56 Å². The standard InChI is InChI=1S/C21H23ClN2O6S/c1-15(16-5-3-2-4-6-16)23-20(25)14-30-21(26)18-13-17(7-8-19(18)22)31(27,28)24-9-11-29-12-10-24/h2-8,13,15H,9-12,14H2,1H3,(H,23,25)/t15-/m0/s1. The van der Waals surface area contributed by atoms with Gasteiger partial charge in [0.25, 0.3) is 5.91 Å². The average Bonchev–Trinajstić information content (AvgIpc) is 2.78. The molecule has 1 saturated heterocycles. The van der Waals surface area contributed by atoms with Crippen molar-refractivity contribution in [3.05, 3.63) is 64.7 Å². The first-order valence-corrected chi connectivity index (χ1v) is 11.5. The van der Waals surface area contributed by atoms with Crippen LogP contribution in [0.2, 0.25) is 5.02 Å². The maximum Gasteiger partial charge on any atom is 0.340 e. The number of benzene rings is 2. The lowest BCUT2D eigenvalue weighted by atomic mass is 10.1. The van der Waals surface area contributed by atoms with Gasteiger partial charge in [0, 0.05) is 13.1 Å². The molecule has 1 fully saturated rings. The van der Waals surface area contributed by atoms with E-state index < -0.39 is 28.5 Å². The highest BCUT2D eigenvalue weighted by Gasteiger charge is 2.28. The lowest BCUT2D eigenvalue weighted by molar-refractivity contribution is -0.124. The lowest BCUT2D eigenvalue weighted by Crippen LogP contribution is -2.40. The topological polar surface area (TPSA) is 102 Å². The van der Waals surface area contributed by atoms with Crippen molar-refractivity contribution >= 4 is 33.5 Å². The summed E-state index contributed by atoms with van der Waals surface area (Å²) in [5.74, 6) is -1.37. The number of hydrogen-bond acceptors (Lipinski definition) is 6. The Morgan fingerprint density at radius 3 is 2.52 bits per heavy atom. The summed E-state index contributed by atoms with van der Waals surface area (Å²) in [6, 6.07) is 12.9. The third-order valence-electron chi connectivity index (χ3n) is 4.78. The minimum Gasteiger partial charge on any atom is -0.452 e. The van der Waals surface area contributed by atoms with Crippen LogP contribution in [0.1, 0.15) is 28.9 Å². The van der Waals surface area contributed by atoms with Crippen LogP contribution in [-0.4, -0.2) is 57.5 Å². The second-order valence-corrected chi connectivity index (χ2v) is 9.28. The molecule has 166 valence electrons. The van der Waals surface area contributed by atoms with E-state index in [-0.39, 0.29) is 34.6 Å². The van der Waals surface area contributed by atoms with Crippen LogP contribution in [-0.2, 0) is 24.3 Å². The molecule has 0 unspecified atom stereocenters. The average molecular weight is 467 g/mol. The van der Waals surface area contributed by atoms with Gasteiger partial charge in [-0.2, -0.15) is 4.31 Å². The Hall–Kier alpha value is -2.46. The molecule has 1 heterocycles. The maximum absolute atomic E-state index is 12.8. The Morgan fingerprint density at radius 1 is 1.16 bits per heavy atom. The van der Waals surface area contributed by atoms with Crippen LogP contribution in [0.25, 0.3) is 0 Å². The Morgan fingerprint density at radius 2 is 1.84 bits per heavy atom. The minimum absolute atomic E-state index is 0.0315. The molecule has 2 aromatic rings. The number of ether oxygens (including phenoxy) is 2. The van der Waals surface area contributed by atoms with Crippen molar-refractivity contribution in [2.75, 3.05) is 32.9 Å². The number of carbonyl (C=O) groups excluding carboxylic acids is 2.